The molecule has 0 aromatic rings. The van der Waals surface area contributed by atoms with Gasteiger partial charge in [-0.15, -0.1) is 0 Å². The van der Waals surface area contributed by atoms with Crippen molar-refractivity contribution in [1.82, 2.24) is 5.32 Å². The van der Waals surface area contributed by atoms with Crippen LogP contribution in [0.4, 0.5) is 0 Å². The highest BCUT2D eigenvalue weighted by Crippen LogP contribution is 2.25. The van der Waals surface area contributed by atoms with Gasteiger partial charge in [-0.1, -0.05) is 13.8 Å². The molecular weight excluding hydrogens is 240 g/mol. The van der Waals surface area contributed by atoms with E-state index in [1.165, 1.54) is 12.8 Å². The van der Waals surface area contributed by atoms with E-state index in [1.54, 1.807) is 0 Å². The third-order valence-electron chi connectivity index (χ3n) is 4.23. The van der Waals surface area contributed by atoms with Crippen molar-refractivity contribution in [3.8, 4) is 0 Å². The number of hydrogen-bond donors (Lipinski definition) is 2. The van der Waals surface area contributed by atoms with Crippen LogP contribution in [0.5, 0.6) is 0 Å². The lowest BCUT2D eigenvalue weighted by Gasteiger charge is -2.30. The smallest absolute Gasteiger partial charge is 0.237 e. The van der Waals surface area contributed by atoms with Gasteiger partial charge < -0.3 is 15.8 Å². The Balaban J connectivity index is 2.30. The van der Waals surface area contributed by atoms with Crippen LogP contribution in [0.15, 0.2) is 0 Å². The molecule has 3 N–H and O–H groups in total. The highest BCUT2D eigenvalue weighted by atomic mass is 16.5. The number of nitrogens with one attached hydrogen (secondary N) is 1. The van der Waals surface area contributed by atoms with Crippen LogP contribution in [-0.2, 0) is 9.53 Å². The Labute approximate surface area is 117 Å². The van der Waals surface area contributed by atoms with Gasteiger partial charge in [-0.2, -0.15) is 0 Å². The molecule has 0 radical (unpaired) electrons. The fourth-order valence-corrected chi connectivity index (χ4v) is 2.53. The van der Waals surface area contributed by atoms with Crippen molar-refractivity contribution in [3.05, 3.63) is 0 Å². The summed E-state index contributed by atoms with van der Waals surface area (Å²) in [5, 5.41) is 3.24. The lowest BCUT2D eigenvalue weighted by molar-refractivity contribution is -0.125. The second-order valence-corrected chi connectivity index (χ2v) is 6.13. The van der Waals surface area contributed by atoms with Crippen molar-refractivity contribution in [2.24, 2.45) is 11.7 Å². The summed E-state index contributed by atoms with van der Waals surface area (Å²) in [6.07, 6.45) is 6.82. The number of rotatable bonds is 8. The zero-order chi connectivity index (χ0) is 14.3. The number of carbonyl (C=O) groups excluding carboxylic acids is 1. The number of primary amides is 1. The van der Waals surface area contributed by atoms with E-state index in [9.17, 15) is 4.79 Å². The molecule has 1 aliphatic rings. The molecule has 0 aliphatic heterocycles. The van der Waals surface area contributed by atoms with Crippen molar-refractivity contribution in [1.29, 1.82) is 0 Å². The molecule has 19 heavy (non-hydrogen) atoms. The number of ether oxygens (including phenoxy) is 1. The summed E-state index contributed by atoms with van der Waals surface area (Å²) >= 11 is 0. The first-order valence-electron chi connectivity index (χ1n) is 7.64. The molecular formula is C15H30N2O2. The van der Waals surface area contributed by atoms with Crippen molar-refractivity contribution in [3.63, 3.8) is 0 Å². The molecule has 0 aromatic carbocycles. The van der Waals surface area contributed by atoms with E-state index in [-0.39, 0.29) is 5.91 Å². The molecule has 1 unspecified atom stereocenters. The van der Waals surface area contributed by atoms with Gasteiger partial charge >= 0.3 is 0 Å². The van der Waals surface area contributed by atoms with Gasteiger partial charge in [0.15, 0.2) is 0 Å². The Bertz CT molecular complexity index is 275. The zero-order valence-corrected chi connectivity index (χ0v) is 12.7. The number of hydrogen-bond acceptors (Lipinski definition) is 3. The maximum atomic E-state index is 11.6. The fourth-order valence-electron chi connectivity index (χ4n) is 2.53. The van der Waals surface area contributed by atoms with Crippen molar-refractivity contribution >= 4 is 5.91 Å². The second kappa shape index (κ2) is 7.85. The first-order valence-corrected chi connectivity index (χ1v) is 7.64. The van der Waals surface area contributed by atoms with Gasteiger partial charge in [0.1, 0.15) is 0 Å². The lowest BCUT2D eigenvalue weighted by Crippen LogP contribution is -2.54. The molecule has 1 atom stereocenters. The van der Waals surface area contributed by atoms with Gasteiger partial charge in [0.25, 0.3) is 0 Å². The lowest BCUT2D eigenvalue weighted by atomic mass is 9.89. The molecule has 1 aliphatic carbocycles. The Morgan fingerprint density at radius 1 is 1.37 bits per heavy atom. The molecule has 1 rings (SSSR count). The summed E-state index contributed by atoms with van der Waals surface area (Å²) in [7, 11) is 0. The minimum Gasteiger partial charge on any atom is -0.378 e. The van der Waals surface area contributed by atoms with Crippen molar-refractivity contribution in [2.75, 3.05) is 13.2 Å². The maximum Gasteiger partial charge on any atom is 0.237 e. The topological polar surface area (TPSA) is 64.3 Å². The van der Waals surface area contributed by atoms with E-state index in [0.29, 0.717) is 19.1 Å². The summed E-state index contributed by atoms with van der Waals surface area (Å²) < 4.78 is 5.91. The summed E-state index contributed by atoms with van der Waals surface area (Å²) in [5.74, 6) is 0.545. The van der Waals surface area contributed by atoms with Crippen LogP contribution >= 0.6 is 0 Å². The molecule has 0 spiro atoms. The molecule has 112 valence electrons. The average Bonchev–Trinajstić information content (AvgIpc) is 2.38. The third kappa shape index (κ3) is 5.49. The van der Waals surface area contributed by atoms with Crippen molar-refractivity contribution < 1.29 is 9.53 Å². The van der Waals surface area contributed by atoms with Gasteiger partial charge in [-0.05, 0) is 57.9 Å². The molecule has 4 nitrogen and oxygen atoms in total. The van der Waals surface area contributed by atoms with E-state index in [1.807, 2.05) is 6.92 Å². The third-order valence-corrected chi connectivity index (χ3v) is 4.23. The molecule has 0 aromatic heterocycles. The van der Waals surface area contributed by atoms with Crippen LogP contribution in [0.1, 0.15) is 59.3 Å². The molecule has 0 heterocycles. The van der Waals surface area contributed by atoms with E-state index >= 15 is 0 Å². The Kier molecular flexibility index (Phi) is 6.80. The van der Waals surface area contributed by atoms with Crippen LogP contribution in [0.2, 0.25) is 0 Å². The minimum absolute atomic E-state index is 0.290. The molecule has 1 amide bonds. The predicted molar refractivity (Wildman–Crippen MR) is 77.9 cm³/mol. The molecule has 1 fully saturated rings. The summed E-state index contributed by atoms with van der Waals surface area (Å²) in [6, 6.07) is 0. The summed E-state index contributed by atoms with van der Waals surface area (Å²) in [4.78, 5) is 11.6. The van der Waals surface area contributed by atoms with E-state index in [0.717, 1.165) is 31.7 Å². The molecule has 4 heteroatoms. The van der Waals surface area contributed by atoms with Gasteiger partial charge in [-0.3, -0.25) is 4.79 Å². The average molecular weight is 270 g/mol. The van der Waals surface area contributed by atoms with E-state index < -0.39 is 5.54 Å². The Hall–Kier alpha value is -0.610. The monoisotopic (exact) mass is 270 g/mol. The van der Waals surface area contributed by atoms with Gasteiger partial charge in [0, 0.05) is 6.61 Å². The molecule has 0 saturated heterocycles. The second-order valence-electron chi connectivity index (χ2n) is 6.13. The quantitative estimate of drug-likeness (QED) is 0.711. The van der Waals surface area contributed by atoms with Crippen molar-refractivity contribution in [2.45, 2.75) is 70.9 Å². The van der Waals surface area contributed by atoms with Crippen LogP contribution in [0, 0.1) is 5.92 Å². The van der Waals surface area contributed by atoms with Crippen LogP contribution in [0.25, 0.3) is 0 Å². The predicted octanol–water partition coefficient (Wildman–Crippen LogP) is 2.22. The number of amides is 1. The fraction of sp³-hybridized carbons (Fsp3) is 0.933. The van der Waals surface area contributed by atoms with E-state index in [2.05, 4.69) is 19.2 Å². The maximum absolute atomic E-state index is 11.6. The standard InChI is InChI=1S/C15H30N2O2/c1-4-10-17-15(3,14(16)18)9-11-19-13-7-5-12(2)6-8-13/h12-13,17H,4-11H2,1-3H3,(H2,16,18). The van der Waals surface area contributed by atoms with E-state index in [4.69, 9.17) is 10.5 Å². The number of carbonyl (C=O) groups is 1. The largest absolute Gasteiger partial charge is 0.378 e. The van der Waals surface area contributed by atoms with Gasteiger partial charge in [-0.25, -0.2) is 0 Å². The first kappa shape index (κ1) is 16.4. The van der Waals surface area contributed by atoms with Crippen LogP contribution in [0.3, 0.4) is 0 Å². The Morgan fingerprint density at radius 2 is 2.00 bits per heavy atom. The Morgan fingerprint density at radius 3 is 2.53 bits per heavy atom. The van der Waals surface area contributed by atoms with Crippen LogP contribution < -0.4 is 11.1 Å². The van der Waals surface area contributed by atoms with Gasteiger partial charge in [0.05, 0.1) is 11.6 Å². The molecule has 0 bridgehead atoms. The van der Waals surface area contributed by atoms with Crippen LogP contribution in [-0.4, -0.2) is 30.7 Å². The SMILES string of the molecule is CCCNC(C)(CCOC1CCC(C)CC1)C(N)=O. The molecule has 1 saturated carbocycles. The highest BCUT2D eigenvalue weighted by molar-refractivity contribution is 5.84. The normalized spacial score (nSPS) is 26.9. The summed E-state index contributed by atoms with van der Waals surface area (Å²) in [5.41, 5.74) is 4.85. The highest BCUT2D eigenvalue weighted by Gasteiger charge is 2.30. The summed E-state index contributed by atoms with van der Waals surface area (Å²) in [6.45, 7) is 7.66. The first-order chi connectivity index (χ1) is 8.98. The van der Waals surface area contributed by atoms with Gasteiger partial charge in [0.2, 0.25) is 5.91 Å². The minimum atomic E-state index is -0.641. The number of nitrogens with two attached hydrogens (primary N) is 1. The zero-order valence-electron chi connectivity index (χ0n) is 12.7.